The van der Waals surface area contributed by atoms with Crippen LogP contribution in [0.25, 0.3) is 0 Å². The molecule has 1 aromatic heterocycles. The standard InChI is InChI=1S/C12H19N3OS/c16-12(15-9-11-4-2-6-17-11)14-8-10-3-1-5-13-7-10/h2,4,6,10,13H,1,3,5,7-9H2,(H2,14,15,16). The topological polar surface area (TPSA) is 53.2 Å². The molecule has 1 unspecified atom stereocenters. The summed E-state index contributed by atoms with van der Waals surface area (Å²) in [6.45, 7) is 3.52. The highest BCUT2D eigenvalue weighted by Crippen LogP contribution is 2.08. The van der Waals surface area contributed by atoms with E-state index < -0.39 is 0 Å². The Kier molecular flexibility index (Phi) is 4.82. The van der Waals surface area contributed by atoms with Crippen molar-refractivity contribution in [3.05, 3.63) is 22.4 Å². The normalized spacial score (nSPS) is 19.9. The molecule has 4 nitrogen and oxygen atoms in total. The lowest BCUT2D eigenvalue weighted by molar-refractivity contribution is 0.237. The summed E-state index contributed by atoms with van der Waals surface area (Å²) >= 11 is 1.66. The van der Waals surface area contributed by atoms with Crippen LogP contribution in [-0.2, 0) is 6.54 Å². The molecule has 17 heavy (non-hydrogen) atoms. The Hall–Kier alpha value is -1.07. The number of thiophene rings is 1. The Labute approximate surface area is 106 Å². The first-order valence-electron chi connectivity index (χ1n) is 6.09. The van der Waals surface area contributed by atoms with Gasteiger partial charge >= 0.3 is 6.03 Å². The van der Waals surface area contributed by atoms with E-state index in [-0.39, 0.29) is 6.03 Å². The maximum atomic E-state index is 11.5. The predicted molar refractivity (Wildman–Crippen MR) is 70.2 cm³/mol. The highest BCUT2D eigenvalue weighted by Gasteiger charge is 2.13. The minimum absolute atomic E-state index is 0.0658. The van der Waals surface area contributed by atoms with Crippen LogP contribution in [0, 0.1) is 5.92 Å². The molecule has 3 N–H and O–H groups in total. The molecule has 1 saturated heterocycles. The van der Waals surface area contributed by atoms with E-state index in [9.17, 15) is 4.79 Å². The second-order valence-corrected chi connectivity index (χ2v) is 5.39. The van der Waals surface area contributed by atoms with Crippen molar-refractivity contribution in [3.8, 4) is 0 Å². The zero-order valence-electron chi connectivity index (χ0n) is 9.87. The summed E-state index contributed by atoms with van der Waals surface area (Å²) in [6, 6.07) is 3.95. The Morgan fingerprint density at radius 3 is 3.18 bits per heavy atom. The van der Waals surface area contributed by atoms with E-state index in [0.29, 0.717) is 12.5 Å². The minimum Gasteiger partial charge on any atom is -0.338 e. The maximum Gasteiger partial charge on any atom is 0.315 e. The predicted octanol–water partition coefficient (Wildman–Crippen LogP) is 1.55. The third kappa shape index (κ3) is 4.36. The van der Waals surface area contributed by atoms with Crippen LogP contribution in [0.2, 0.25) is 0 Å². The summed E-state index contributed by atoms with van der Waals surface area (Å²) in [7, 11) is 0. The van der Waals surface area contributed by atoms with Crippen LogP contribution < -0.4 is 16.0 Å². The van der Waals surface area contributed by atoms with Crippen LogP contribution in [0.15, 0.2) is 17.5 Å². The van der Waals surface area contributed by atoms with E-state index >= 15 is 0 Å². The molecule has 0 spiro atoms. The molecule has 1 fully saturated rings. The van der Waals surface area contributed by atoms with Gasteiger partial charge in [0.1, 0.15) is 0 Å². The van der Waals surface area contributed by atoms with Crippen molar-refractivity contribution in [3.63, 3.8) is 0 Å². The first-order chi connectivity index (χ1) is 8.34. The van der Waals surface area contributed by atoms with E-state index in [0.717, 1.165) is 19.6 Å². The first-order valence-corrected chi connectivity index (χ1v) is 6.97. The van der Waals surface area contributed by atoms with Gasteiger partial charge in [0, 0.05) is 11.4 Å². The minimum atomic E-state index is -0.0658. The van der Waals surface area contributed by atoms with Crippen molar-refractivity contribution in [1.29, 1.82) is 0 Å². The van der Waals surface area contributed by atoms with E-state index in [1.165, 1.54) is 17.7 Å². The Morgan fingerprint density at radius 2 is 2.47 bits per heavy atom. The molecule has 1 aliphatic rings. The first kappa shape index (κ1) is 12.4. The van der Waals surface area contributed by atoms with Gasteiger partial charge in [-0.1, -0.05) is 6.07 Å². The number of hydrogen-bond acceptors (Lipinski definition) is 3. The Bertz CT molecular complexity index is 334. The zero-order chi connectivity index (χ0) is 11.9. The van der Waals surface area contributed by atoms with Crippen LogP contribution in [0.1, 0.15) is 17.7 Å². The summed E-state index contributed by atoms with van der Waals surface area (Å²) in [6.07, 6.45) is 2.42. The highest BCUT2D eigenvalue weighted by atomic mass is 32.1. The smallest absolute Gasteiger partial charge is 0.315 e. The number of hydrogen-bond donors (Lipinski definition) is 3. The van der Waals surface area contributed by atoms with Crippen LogP contribution in [0.4, 0.5) is 4.79 Å². The molecular weight excluding hydrogens is 234 g/mol. The van der Waals surface area contributed by atoms with Crippen molar-refractivity contribution in [1.82, 2.24) is 16.0 Å². The van der Waals surface area contributed by atoms with E-state index in [1.54, 1.807) is 11.3 Å². The van der Waals surface area contributed by atoms with Gasteiger partial charge in [-0.15, -0.1) is 11.3 Å². The van der Waals surface area contributed by atoms with Crippen molar-refractivity contribution >= 4 is 17.4 Å². The van der Waals surface area contributed by atoms with Gasteiger partial charge in [0.2, 0.25) is 0 Å². The molecule has 0 aliphatic carbocycles. The molecule has 0 aromatic carbocycles. The monoisotopic (exact) mass is 253 g/mol. The number of carbonyl (C=O) groups is 1. The van der Waals surface area contributed by atoms with E-state index in [1.807, 2.05) is 17.5 Å². The van der Waals surface area contributed by atoms with Crippen molar-refractivity contribution < 1.29 is 4.79 Å². The van der Waals surface area contributed by atoms with Gasteiger partial charge in [0.25, 0.3) is 0 Å². The molecule has 1 atom stereocenters. The van der Waals surface area contributed by atoms with Gasteiger partial charge in [-0.25, -0.2) is 4.79 Å². The second kappa shape index (κ2) is 6.61. The Balaban J connectivity index is 1.60. The summed E-state index contributed by atoms with van der Waals surface area (Å²) in [5, 5.41) is 11.2. The highest BCUT2D eigenvalue weighted by molar-refractivity contribution is 7.09. The van der Waals surface area contributed by atoms with Crippen molar-refractivity contribution in [2.75, 3.05) is 19.6 Å². The Morgan fingerprint density at radius 1 is 1.53 bits per heavy atom. The van der Waals surface area contributed by atoms with Crippen LogP contribution in [0.3, 0.4) is 0 Å². The fourth-order valence-electron chi connectivity index (χ4n) is 1.98. The molecule has 5 heteroatoms. The molecule has 94 valence electrons. The summed E-state index contributed by atoms with van der Waals surface area (Å²) < 4.78 is 0. The van der Waals surface area contributed by atoms with E-state index in [4.69, 9.17) is 0 Å². The zero-order valence-corrected chi connectivity index (χ0v) is 10.7. The van der Waals surface area contributed by atoms with Gasteiger partial charge in [-0.3, -0.25) is 0 Å². The number of urea groups is 1. The average Bonchev–Trinajstić information content (AvgIpc) is 2.88. The molecule has 2 amide bonds. The lowest BCUT2D eigenvalue weighted by Crippen LogP contribution is -2.41. The van der Waals surface area contributed by atoms with Gasteiger partial charge in [0.15, 0.2) is 0 Å². The van der Waals surface area contributed by atoms with Crippen LogP contribution >= 0.6 is 11.3 Å². The molecule has 0 saturated carbocycles. The average molecular weight is 253 g/mol. The van der Waals surface area contributed by atoms with Gasteiger partial charge in [0.05, 0.1) is 6.54 Å². The quantitative estimate of drug-likeness (QED) is 0.762. The molecule has 0 radical (unpaired) electrons. The number of nitrogens with one attached hydrogen (secondary N) is 3. The number of carbonyl (C=O) groups excluding carboxylic acids is 1. The lowest BCUT2D eigenvalue weighted by atomic mass is 10.00. The SMILES string of the molecule is O=C(NCc1cccs1)NCC1CCCNC1. The van der Waals surface area contributed by atoms with Gasteiger partial charge < -0.3 is 16.0 Å². The number of rotatable bonds is 4. The molecule has 0 bridgehead atoms. The molecule has 2 heterocycles. The number of piperidine rings is 1. The maximum absolute atomic E-state index is 11.5. The summed E-state index contributed by atoms with van der Waals surface area (Å²) in [4.78, 5) is 12.7. The third-order valence-electron chi connectivity index (χ3n) is 2.95. The lowest BCUT2D eigenvalue weighted by Gasteiger charge is -2.22. The fourth-order valence-corrected chi connectivity index (χ4v) is 2.62. The van der Waals surface area contributed by atoms with Crippen molar-refractivity contribution in [2.45, 2.75) is 19.4 Å². The molecule has 2 rings (SSSR count). The van der Waals surface area contributed by atoms with Gasteiger partial charge in [-0.2, -0.15) is 0 Å². The van der Waals surface area contributed by atoms with E-state index in [2.05, 4.69) is 16.0 Å². The van der Waals surface area contributed by atoms with Crippen LogP contribution in [0.5, 0.6) is 0 Å². The van der Waals surface area contributed by atoms with Crippen LogP contribution in [-0.4, -0.2) is 25.7 Å². The van der Waals surface area contributed by atoms with Gasteiger partial charge in [-0.05, 0) is 43.3 Å². The molecular formula is C12H19N3OS. The largest absolute Gasteiger partial charge is 0.338 e. The second-order valence-electron chi connectivity index (χ2n) is 4.36. The van der Waals surface area contributed by atoms with Crippen molar-refractivity contribution in [2.24, 2.45) is 5.92 Å². The molecule has 1 aliphatic heterocycles. The summed E-state index contributed by atoms with van der Waals surface area (Å²) in [5.74, 6) is 0.580. The fraction of sp³-hybridized carbons (Fsp3) is 0.583. The third-order valence-corrected chi connectivity index (χ3v) is 3.83. The number of amides is 2. The molecule has 1 aromatic rings. The summed E-state index contributed by atoms with van der Waals surface area (Å²) in [5.41, 5.74) is 0.